The Morgan fingerprint density at radius 1 is 1.00 bits per heavy atom. The molecule has 0 radical (unpaired) electrons. The number of nitrogens with zero attached hydrogens (tertiary/aromatic N) is 1. The largest absolute Gasteiger partial charge is 0.416 e. The highest BCUT2D eigenvalue weighted by molar-refractivity contribution is 5.63. The molecule has 21 heavy (non-hydrogen) atoms. The molecule has 2 nitrogen and oxygen atoms in total. The van der Waals surface area contributed by atoms with Crippen LogP contribution in [0.25, 0.3) is 0 Å². The molecule has 0 aliphatic heterocycles. The lowest BCUT2D eigenvalue weighted by molar-refractivity contribution is -0.137. The molecule has 0 aromatic heterocycles. The quantitative estimate of drug-likeness (QED) is 0.822. The van der Waals surface area contributed by atoms with E-state index in [2.05, 4.69) is 5.32 Å². The van der Waals surface area contributed by atoms with Gasteiger partial charge in [0.1, 0.15) is 11.6 Å². The molecule has 1 N–H and O–H groups in total. The van der Waals surface area contributed by atoms with Crippen molar-refractivity contribution in [2.24, 2.45) is 0 Å². The van der Waals surface area contributed by atoms with E-state index >= 15 is 0 Å². The summed E-state index contributed by atoms with van der Waals surface area (Å²) in [6.45, 7) is 0. The molecular formula is C14H7F5N2. The van der Waals surface area contributed by atoms with Crippen molar-refractivity contribution in [3.8, 4) is 6.07 Å². The van der Waals surface area contributed by atoms with Crippen LogP contribution in [0.15, 0.2) is 36.4 Å². The molecule has 0 amide bonds. The number of rotatable bonds is 2. The van der Waals surface area contributed by atoms with Gasteiger partial charge in [-0.3, -0.25) is 0 Å². The summed E-state index contributed by atoms with van der Waals surface area (Å²) < 4.78 is 64.5. The standard InChI is InChI=1S/C14H7F5N2/c15-10-3-8(7-20)4-11(6-10)21-13-5-9(14(17,18)19)1-2-12(13)16/h1-6,21H. The molecule has 2 aromatic rings. The lowest BCUT2D eigenvalue weighted by Crippen LogP contribution is -2.06. The Hall–Kier alpha value is -2.62. The molecule has 108 valence electrons. The van der Waals surface area contributed by atoms with Gasteiger partial charge in [-0.15, -0.1) is 0 Å². The SMILES string of the molecule is N#Cc1cc(F)cc(Nc2cc(C(F)(F)F)ccc2F)c1. The zero-order valence-corrected chi connectivity index (χ0v) is 10.3. The molecule has 0 atom stereocenters. The minimum absolute atomic E-state index is 0.0234. The number of anilines is 2. The predicted molar refractivity (Wildman–Crippen MR) is 65.8 cm³/mol. The van der Waals surface area contributed by atoms with Crippen LogP contribution < -0.4 is 5.32 Å². The lowest BCUT2D eigenvalue weighted by atomic mass is 10.1. The van der Waals surface area contributed by atoms with Gasteiger partial charge in [0.05, 0.1) is 22.9 Å². The second-order valence-electron chi connectivity index (χ2n) is 4.16. The van der Waals surface area contributed by atoms with E-state index in [1.54, 1.807) is 6.07 Å². The van der Waals surface area contributed by atoms with Gasteiger partial charge in [-0.2, -0.15) is 18.4 Å². The second-order valence-corrected chi connectivity index (χ2v) is 4.16. The Labute approximate surface area is 116 Å². The zero-order valence-electron chi connectivity index (χ0n) is 10.3. The molecule has 7 heteroatoms. The van der Waals surface area contributed by atoms with E-state index < -0.39 is 29.1 Å². The van der Waals surface area contributed by atoms with Crippen molar-refractivity contribution < 1.29 is 22.0 Å². The van der Waals surface area contributed by atoms with Gasteiger partial charge in [0, 0.05) is 5.69 Å². The fraction of sp³-hybridized carbons (Fsp3) is 0.0714. The normalized spacial score (nSPS) is 11.0. The summed E-state index contributed by atoms with van der Waals surface area (Å²) >= 11 is 0. The van der Waals surface area contributed by atoms with Crippen LogP contribution in [-0.2, 0) is 6.18 Å². The van der Waals surface area contributed by atoms with Gasteiger partial charge in [-0.25, -0.2) is 8.78 Å². The van der Waals surface area contributed by atoms with E-state index in [9.17, 15) is 22.0 Å². The molecule has 0 spiro atoms. The first-order valence-electron chi connectivity index (χ1n) is 5.64. The maximum Gasteiger partial charge on any atom is 0.416 e. The van der Waals surface area contributed by atoms with Crippen LogP contribution in [0.3, 0.4) is 0 Å². The summed E-state index contributed by atoms with van der Waals surface area (Å²) in [6, 6.07) is 6.63. The minimum Gasteiger partial charge on any atom is -0.353 e. The van der Waals surface area contributed by atoms with E-state index in [0.29, 0.717) is 18.2 Å². The van der Waals surface area contributed by atoms with Gasteiger partial charge in [0.25, 0.3) is 0 Å². The van der Waals surface area contributed by atoms with Crippen molar-refractivity contribution in [2.75, 3.05) is 5.32 Å². The van der Waals surface area contributed by atoms with E-state index in [1.807, 2.05) is 0 Å². The van der Waals surface area contributed by atoms with Gasteiger partial charge < -0.3 is 5.32 Å². The average Bonchev–Trinajstić information content (AvgIpc) is 2.39. The average molecular weight is 298 g/mol. The van der Waals surface area contributed by atoms with Crippen LogP contribution in [0, 0.1) is 23.0 Å². The third-order valence-corrected chi connectivity index (χ3v) is 2.60. The summed E-state index contributed by atoms with van der Waals surface area (Å²) in [5.41, 5.74) is -1.56. The number of nitriles is 1. The van der Waals surface area contributed by atoms with Crippen molar-refractivity contribution >= 4 is 11.4 Å². The van der Waals surface area contributed by atoms with Crippen LogP contribution in [0.1, 0.15) is 11.1 Å². The van der Waals surface area contributed by atoms with Gasteiger partial charge in [-0.1, -0.05) is 0 Å². The molecule has 0 fully saturated rings. The van der Waals surface area contributed by atoms with Crippen LogP contribution in [-0.4, -0.2) is 0 Å². The Morgan fingerprint density at radius 3 is 2.33 bits per heavy atom. The van der Waals surface area contributed by atoms with Crippen molar-refractivity contribution in [2.45, 2.75) is 6.18 Å². The van der Waals surface area contributed by atoms with Crippen LogP contribution in [0.2, 0.25) is 0 Å². The predicted octanol–water partition coefficient (Wildman–Crippen LogP) is 4.60. The Kier molecular flexibility index (Phi) is 3.80. The minimum atomic E-state index is -4.62. The van der Waals surface area contributed by atoms with Gasteiger partial charge >= 0.3 is 6.18 Å². The third kappa shape index (κ3) is 3.48. The van der Waals surface area contributed by atoms with E-state index in [0.717, 1.165) is 12.1 Å². The zero-order chi connectivity index (χ0) is 15.6. The molecule has 0 heterocycles. The first-order chi connectivity index (χ1) is 9.79. The van der Waals surface area contributed by atoms with Crippen molar-refractivity contribution in [3.05, 3.63) is 59.2 Å². The van der Waals surface area contributed by atoms with E-state index in [-0.39, 0.29) is 11.3 Å². The van der Waals surface area contributed by atoms with Crippen LogP contribution in [0.5, 0.6) is 0 Å². The number of nitrogens with one attached hydrogen (secondary N) is 1. The van der Waals surface area contributed by atoms with Crippen molar-refractivity contribution in [1.82, 2.24) is 0 Å². The number of hydrogen-bond acceptors (Lipinski definition) is 2. The summed E-state index contributed by atoms with van der Waals surface area (Å²) in [6.07, 6.45) is -4.62. The molecule has 0 unspecified atom stereocenters. The van der Waals surface area contributed by atoms with Crippen LogP contribution >= 0.6 is 0 Å². The number of alkyl halides is 3. The van der Waals surface area contributed by atoms with Crippen LogP contribution in [0.4, 0.5) is 33.3 Å². The molecular weight excluding hydrogens is 291 g/mol. The fourth-order valence-electron chi connectivity index (χ4n) is 1.68. The number of hydrogen-bond donors (Lipinski definition) is 1. The summed E-state index contributed by atoms with van der Waals surface area (Å²) in [5, 5.41) is 11.0. The molecule has 0 aliphatic carbocycles. The first-order valence-corrected chi connectivity index (χ1v) is 5.64. The molecule has 0 saturated carbocycles. The van der Waals surface area contributed by atoms with E-state index in [1.165, 1.54) is 6.07 Å². The molecule has 0 saturated heterocycles. The lowest BCUT2D eigenvalue weighted by Gasteiger charge is -2.12. The summed E-state index contributed by atoms with van der Waals surface area (Å²) in [7, 11) is 0. The van der Waals surface area contributed by atoms with Gasteiger partial charge in [0.2, 0.25) is 0 Å². The van der Waals surface area contributed by atoms with Gasteiger partial charge in [-0.05, 0) is 36.4 Å². The molecule has 0 aliphatic rings. The highest BCUT2D eigenvalue weighted by Crippen LogP contribution is 2.32. The Bertz CT molecular complexity index is 716. The van der Waals surface area contributed by atoms with Crippen molar-refractivity contribution in [3.63, 3.8) is 0 Å². The fourth-order valence-corrected chi connectivity index (χ4v) is 1.68. The second kappa shape index (κ2) is 5.40. The third-order valence-electron chi connectivity index (χ3n) is 2.60. The maximum atomic E-state index is 13.5. The molecule has 2 rings (SSSR count). The number of halogens is 5. The molecule has 0 bridgehead atoms. The highest BCUT2D eigenvalue weighted by atomic mass is 19.4. The Morgan fingerprint density at radius 2 is 1.71 bits per heavy atom. The smallest absolute Gasteiger partial charge is 0.353 e. The highest BCUT2D eigenvalue weighted by Gasteiger charge is 2.31. The summed E-state index contributed by atoms with van der Waals surface area (Å²) in [4.78, 5) is 0. The van der Waals surface area contributed by atoms with Crippen molar-refractivity contribution in [1.29, 1.82) is 5.26 Å². The monoisotopic (exact) mass is 298 g/mol. The Balaban J connectivity index is 2.40. The van der Waals surface area contributed by atoms with Gasteiger partial charge in [0.15, 0.2) is 0 Å². The maximum absolute atomic E-state index is 13.5. The topological polar surface area (TPSA) is 35.8 Å². The molecule has 2 aromatic carbocycles. The van der Waals surface area contributed by atoms with E-state index in [4.69, 9.17) is 5.26 Å². The number of benzene rings is 2. The summed E-state index contributed by atoms with van der Waals surface area (Å²) in [5.74, 6) is -1.69. The first kappa shape index (κ1) is 14.8.